The zero-order valence-corrected chi connectivity index (χ0v) is 84.6. The molecule has 17 aliphatic heterocycles. The van der Waals surface area contributed by atoms with E-state index in [0.717, 1.165) is 59.9 Å². The predicted octanol–water partition coefficient (Wildman–Crippen LogP) is 29.3. The Labute approximate surface area is 847 Å². The molecule has 6 aliphatic carbocycles. The molecule has 0 N–H and O–H groups in total. The zero-order chi connectivity index (χ0) is 110. The number of nitriles is 4. The van der Waals surface area contributed by atoms with Gasteiger partial charge < -0.3 is 56.8 Å². The van der Waals surface area contributed by atoms with E-state index in [0.29, 0.717) is 129 Å². The Morgan fingerprint density at radius 1 is 0.253 bits per heavy atom. The van der Waals surface area contributed by atoms with E-state index in [-0.39, 0.29) is 23.7 Å². The molecule has 0 unspecified atom stereocenters. The molecule has 0 radical (unpaired) electrons. The maximum Gasteiger partial charge on any atom is 0.173 e. The van der Waals surface area contributed by atoms with Crippen LogP contribution in [0.4, 0.5) is 101 Å². The largest absolute Gasteiger partial charge is 0.201 e. The third-order valence-electron chi connectivity index (χ3n) is 21.7. The number of para-hydroxylation sites is 2. The minimum atomic E-state index is -10.7. The molecule has 812 valence electrons. The van der Waals surface area contributed by atoms with Crippen LogP contribution in [0.5, 0.6) is 34.5 Å². The first kappa shape index (κ1) is 120. The van der Waals surface area contributed by atoms with Crippen LogP contribution in [0, 0.1) is 45.3 Å². The number of nitrogens with zero attached hydrogens (tertiary/aromatic N) is 8. The van der Waals surface area contributed by atoms with E-state index in [1.807, 2.05) is 24.3 Å². The van der Waals surface area contributed by atoms with Gasteiger partial charge in [-0.05, 0) is 91.0 Å². The quantitative estimate of drug-likeness (QED) is 0.0597. The molecule has 150 heavy (non-hydrogen) atoms. The fraction of sp³-hybridized carbons (Fsp3) is 0.294. The first-order chi connectivity index (χ1) is 69.9. The maximum absolute atomic E-state index is 10.7. The average Bonchev–Trinajstić information content (AvgIpc) is 0.662. The second-order valence-electron chi connectivity index (χ2n) is 33.2. The van der Waals surface area contributed by atoms with E-state index < -0.39 is 31.2 Å². The third-order valence-corrected chi connectivity index (χ3v) is 21.7. The Morgan fingerprint density at radius 2 is 0.427 bits per heavy atom. The Hall–Kier alpha value is -13.1. The summed E-state index contributed by atoms with van der Waals surface area (Å²) in [7, 11) is -39.2. The van der Waals surface area contributed by atoms with E-state index in [2.05, 4.69) is 250 Å². The number of hydrogen-bond donors (Lipinski definition) is 0. The maximum atomic E-state index is 9.87. The van der Waals surface area contributed by atoms with Crippen molar-refractivity contribution >= 4 is 31.2 Å². The van der Waals surface area contributed by atoms with Gasteiger partial charge in [-0.1, -0.05) is 133 Å². The van der Waals surface area contributed by atoms with Crippen molar-refractivity contribution < 1.29 is 176 Å². The van der Waals surface area contributed by atoms with Gasteiger partial charge in [0.2, 0.25) is 0 Å². The molecule has 0 spiro atoms. The summed E-state index contributed by atoms with van der Waals surface area (Å²) in [6.45, 7) is 15.4. The van der Waals surface area contributed by atoms with E-state index in [1.54, 1.807) is 38.5 Å². The van der Waals surface area contributed by atoms with Crippen LogP contribution in [-0.2, 0) is 54.6 Å². The predicted molar refractivity (Wildman–Crippen MR) is 516 cm³/mol. The molecule has 0 saturated heterocycles. The fourth-order valence-corrected chi connectivity index (χ4v) is 16.6. The van der Waals surface area contributed by atoms with E-state index in [1.165, 1.54) is 117 Å². The number of hydrogen-bond acceptors (Lipinski definition) is 16. The minimum absolute atomic E-state index is 0.0604. The second-order valence-corrected chi connectivity index (χ2v) is 40.9. The molecule has 8 aromatic carbocycles. The molecule has 21 heterocycles. The van der Waals surface area contributed by atoms with Crippen molar-refractivity contribution in [3.05, 3.63) is 345 Å². The number of halogens is 24. The van der Waals surface area contributed by atoms with Gasteiger partial charge in [-0.2, -0.15) is 21.0 Å². The Bertz CT molecular complexity index is 6030. The molecular formula is C102H104F24N8O12P4. The van der Waals surface area contributed by atoms with Gasteiger partial charge in [0, 0.05) is 159 Å². The zero-order valence-electron chi connectivity index (χ0n) is 81.0. The van der Waals surface area contributed by atoms with Gasteiger partial charge in [0.25, 0.3) is 0 Å². The smallest absolute Gasteiger partial charge is 0.173 e. The summed E-state index contributed by atoms with van der Waals surface area (Å²) in [4.78, 5) is 0. The van der Waals surface area contributed by atoms with Crippen LogP contribution in [-0.4, -0.2) is 120 Å². The van der Waals surface area contributed by atoms with Crippen molar-refractivity contribution in [3.8, 4) is 81.0 Å². The number of rotatable bonds is 8. The van der Waals surface area contributed by atoms with Crippen molar-refractivity contribution in [3.63, 3.8) is 0 Å². The molecule has 4 aromatic heterocycles. The van der Waals surface area contributed by atoms with Gasteiger partial charge in [0.05, 0.1) is 90.3 Å². The van der Waals surface area contributed by atoms with Gasteiger partial charge in [0.1, 0.15) is 51.1 Å². The van der Waals surface area contributed by atoms with Crippen molar-refractivity contribution in [2.45, 2.75) is 77.5 Å². The molecule has 0 amide bonds. The van der Waals surface area contributed by atoms with Crippen LogP contribution in [0.3, 0.4) is 0 Å². The van der Waals surface area contributed by atoms with Crippen LogP contribution in [0.1, 0.15) is 140 Å². The van der Waals surface area contributed by atoms with Gasteiger partial charge in [-0.25, -0.2) is 18.3 Å². The Morgan fingerprint density at radius 3 is 0.620 bits per heavy atom. The summed E-state index contributed by atoms with van der Waals surface area (Å²) >= 11 is 0. The molecular weight excluding hydrogens is 2110 g/mol. The van der Waals surface area contributed by atoms with Crippen LogP contribution in [0.15, 0.2) is 256 Å². The first-order valence-electron chi connectivity index (χ1n) is 45.4. The normalized spacial score (nSPS) is 17.5. The summed E-state index contributed by atoms with van der Waals surface area (Å²) in [5.41, 5.74) is 24.7. The van der Waals surface area contributed by atoms with Gasteiger partial charge in [-0.3, -0.25) is 0 Å². The topological polar surface area (TPSA) is 221 Å². The third kappa shape index (κ3) is 42.4. The Kier molecular flexibility index (Phi) is 38.6. The summed E-state index contributed by atoms with van der Waals surface area (Å²) in [6.07, 6.45) is 17.4. The molecule has 12 aromatic rings. The number of aromatic nitrogens is 4. The molecule has 35 rings (SSSR count). The monoisotopic (exact) mass is 2210 g/mol. The molecule has 0 fully saturated rings. The average molecular weight is 2210 g/mol. The number of fused-ring (bicyclic) bond motifs is 2. The molecule has 2 atom stereocenters. The summed E-state index contributed by atoms with van der Waals surface area (Å²) in [5, 5.41) is 29.3. The van der Waals surface area contributed by atoms with Crippen molar-refractivity contribution in [1.82, 2.24) is 0 Å². The second kappa shape index (κ2) is 48.0. The van der Waals surface area contributed by atoms with Crippen molar-refractivity contribution in [1.29, 1.82) is 21.0 Å². The number of methoxy groups -OCH3 is 2. The summed E-state index contributed by atoms with van der Waals surface area (Å²) < 4.78 is 320. The molecule has 16 bridgehead atoms. The standard InChI is InChI=1S/C58H60O12.C36H32N4.4C2H3N.4F6P/c1-59-19-29-69-57-53-49-37-11-3-5-13-39(37)50(40-14-6-4-12-38(40)49)54(53)58(70-30-20-60-2)56-52-42-16-8-7-15-41(42)51(55(56)57)43-35-47-48(36-44(43)52)68-34-28-64-24-22-62-26-32-66-46-18-10-9-17-45(46)65-31-25-61-21-23-63-27-33-67-47;1-2-30-4-3-29(1)25-37-17-9-33(10-18-37)35-13-21-39(22-14-35)27-31-5-7-32(8-6-31)28-40-23-15-36(16-24-40)34-11-19-38(26-30)20-12-34;4*1-2-3;4*1-7(2,3,4,5)6/h3-18,35-36,49-52H,19-34H2,1-2H3;1-24H,25-28H2;4*1H3;;;;/q;+4;;;;;4*-1/t49?,50?,51-,52+;;;;;;;;;. The van der Waals surface area contributed by atoms with E-state index in [4.69, 9.17) is 77.9 Å². The summed E-state index contributed by atoms with van der Waals surface area (Å²) in [5.74, 6) is 3.89. The van der Waals surface area contributed by atoms with Crippen LogP contribution >= 0.6 is 31.2 Å². The van der Waals surface area contributed by atoms with Gasteiger partial charge >= 0.3 is 132 Å². The molecule has 20 nitrogen and oxygen atoms in total. The SMILES string of the molecule is CC#N.CC#N.CC#N.CC#N.COCCOc1c2c(c(OCCOC)c3c1[C@@H]1c4ccccc4[C@H]3c3cc4c(cc31)OCCOCCOCCOc1ccccc1OCCOCCOCCO4)C1c3ccccc3C2c2ccccc21.F[P-](F)(F)(F)(F)F.F[P-](F)(F)(F)(F)F.F[P-](F)(F)(F)(F)F.F[P-](F)(F)(F)(F)F.c1cc2ccc1C[n+]1ccc(cc1)-c1cc[n+](cc1)Cc1ccc(cc1)C[n+]1ccc(cc1)-c1cc[n+](cc1)C2. The minimum Gasteiger partial charge on any atom is -0.201 e. The van der Waals surface area contributed by atoms with Crippen LogP contribution in [0.25, 0.3) is 22.3 Å². The van der Waals surface area contributed by atoms with E-state index in [9.17, 15) is 101 Å². The first-order valence-corrected chi connectivity index (χ1v) is 53.5. The molecule has 0 saturated carbocycles. The van der Waals surface area contributed by atoms with E-state index >= 15 is 0 Å². The number of benzene rings is 8. The van der Waals surface area contributed by atoms with Gasteiger partial charge in [0.15, 0.2) is 98.8 Å². The van der Waals surface area contributed by atoms with Crippen molar-refractivity contribution in [2.75, 3.05) is 120 Å². The fourth-order valence-electron chi connectivity index (χ4n) is 16.6. The number of ether oxygens (including phenoxy) is 12. The summed E-state index contributed by atoms with van der Waals surface area (Å²) in [6, 6.07) is 81.1. The Balaban J connectivity index is 0.000000259. The molecule has 23 aliphatic rings. The molecule has 48 heteroatoms. The number of pyridine rings is 4. The van der Waals surface area contributed by atoms with Crippen molar-refractivity contribution in [2.24, 2.45) is 0 Å². The van der Waals surface area contributed by atoms with Crippen LogP contribution < -0.4 is 46.7 Å². The van der Waals surface area contributed by atoms with Crippen LogP contribution in [0.2, 0.25) is 0 Å². The van der Waals surface area contributed by atoms with Gasteiger partial charge in [-0.15, -0.1) is 0 Å².